The molecule has 0 amide bonds. The van der Waals surface area contributed by atoms with Crippen LogP contribution in [0.15, 0.2) is 47.8 Å². The van der Waals surface area contributed by atoms with Gasteiger partial charge in [-0.2, -0.15) is 0 Å². The summed E-state index contributed by atoms with van der Waals surface area (Å²) in [5.74, 6) is 0. The van der Waals surface area contributed by atoms with Crippen molar-refractivity contribution in [1.82, 2.24) is 9.80 Å². The molecule has 0 aliphatic carbocycles. The molecule has 122 valence electrons. The van der Waals surface area contributed by atoms with Crippen molar-refractivity contribution in [3.63, 3.8) is 0 Å². The summed E-state index contributed by atoms with van der Waals surface area (Å²) in [5.41, 5.74) is 1.38. The highest BCUT2D eigenvalue weighted by molar-refractivity contribution is 7.09. The SMILES string of the molecule is c1ccc(N2CCC(N3CCN(Cc4cccs4)CC3)C2)cc1. The summed E-state index contributed by atoms with van der Waals surface area (Å²) in [6.45, 7) is 8.38. The Morgan fingerprint density at radius 1 is 0.913 bits per heavy atom. The molecule has 3 heterocycles. The molecule has 2 aromatic rings. The van der Waals surface area contributed by atoms with Crippen molar-refractivity contribution in [2.45, 2.75) is 19.0 Å². The smallest absolute Gasteiger partial charge is 0.0366 e. The minimum atomic E-state index is 0.735. The minimum Gasteiger partial charge on any atom is -0.370 e. The molecule has 0 bridgehead atoms. The lowest BCUT2D eigenvalue weighted by atomic mass is 10.2. The van der Waals surface area contributed by atoms with Crippen molar-refractivity contribution in [1.29, 1.82) is 0 Å². The topological polar surface area (TPSA) is 9.72 Å². The Balaban J connectivity index is 1.28. The fourth-order valence-corrected chi connectivity index (χ4v) is 4.57. The Morgan fingerprint density at radius 2 is 1.74 bits per heavy atom. The zero-order valence-corrected chi connectivity index (χ0v) is 14.4. The normalized spacial score (nSPS) is 23.5. The Labute approximate surface area is 143 Å². The van der Waals surface area contributed by atoms with Crippen LogP contribution in [0.5, 0.6) is 0 Å². The number of thiophene rings is 1. The monoisotopic (exact) mass is 327 g/mol. The predicted octanol–water partition coefficient (Wildman–Crippen LogP) is 3.14. The maximum Gasteiger partial charge on any atom is 0.0366 e. The van der Waals surface area contributed by atoms with Gasteiger partial charge in [0.25, 0.3) is 0 Å². The van der Waals surface area contributed by atoms with E-state index in [4.69, 9.17) is 0 Å². The van der Waals surface area contributed by atoms with Gasteiger partial charge in [-0.15, -0.1) is 11.3 Å². The molecule has 0 saturated carbocycles. The average molecular weight is 327 g/mol. The van der Waals surface area contributed by atoms with Crippen molar-refractivity contribution >= 4 is 17.0 Å². The van der Waals surface area contributed by atoms with Crippen molar-refractivity contribution in [2.75, 3.05) is 44.2 Å². The number of hydrogen-bond acceptors (Lipinski definition) is 4. The third kappa shape index (κ3) is 3.60. The van der Waals surface area contributed by atoms with E-state index in [-0.39, 0.29) is 0 Å². The molecule has 4 heteroatoms. The van der Waals surface area contributed by atoms with E-state index < -0.39 is 0 Å². The summed E-state index contributed by atoms with van der Waals surface area (Å²) in [6.07, 6.45) is 1.31. The van der Waals surface area contributed by atoms with Gasteiger partial charge in [-0.3, -0.25) is 9.80 Å². The number of rotatable bonds is 4. The van der Waals surface area contributed by atoms with Crippen LogP contribution in [-0.2, 0) is 6.54 Å². The van der Waals surface area contributed by atoms with Gasteiger partial charge in [-0.05, 0) is 30.0 Å². The third-order valence-electron chi connectivity index (χ3n) is 5.17. The van der Waals surface area contributed by atoms with Crippen LogP contribution in [0.25, 0.3) is 0 Å². The molecule has 1 atom stereocenters. The summed E-state index contributed by atoms with van der Waals surface area (Å²) in [4.78, 5) is 9.36. The first-order valence-corrected chi connectivity index (χ1v) is 9.55. The van der Waals surface area contributed by atoms with Crippen molar-refractivity contribution in [2.24, 2.45) is 0 Å². The number of nitrogens with zero attached hydrogens (tertiary/aromatic N) is 3. The standard InChI is InChI=1S/C19H25N3S/c1-2-5-17(6-3-1)22-9-8-18(15-22)21-12-10-20(11-13-21)16-19-7-4-14-23-19/h1-7,14,18H,8-13,15-16H2. The molecule has 1 aromatic heterocycles. The van der Waals surface area contributed by atoms with E-state index in [0.717, 1.165) is 12.6 Å². The highest BCUT2D eigenvalue weighted by Gasteiger charge is 2.30. The van der Waals surface area contributed by atoms with Gasteiger partial charge in [0.15, 0.2) is 0 Å². The Hall–Kier alpha value is -1.36. The minimum absolute atomic E-state index is 0.735. The first-order chi connectivity index (χ1) is 11.4. The van der Waals surface area contributed by atoms with E-state index in [0.29, 0.717) is 0 Å². The van der Waals surface area contributed by atoms with Crippen LogP contribution in [0.1, 0.15) is 11.3 Å². The summed E-state index contributed by atoms with van der Waals surface area (Å²) in [5, 5.41) is 2.18. The summed E-state index contributed by atoms with van der Waals surface area (Å²) in [6, 6.07) is 16.0. The molecule has 2 aliphatic rings. The predicted molar refractivity (Wildman–Crippen MR) is 98.2 cm³/mol. The highest BCUT2D eigenvalue weighted by atomic mass is 32.1. The van der Waals surface area contributed by atoms with Gasteiger partial charge in [0.2, 0.25) is 0 Å². The fraction of sp³-hybridized carbons (Fsp3) is 0.474. The molecule has 23 heavy (non-hydrogen) atoms. The van der Waals surface area contributed by atoms with E-state index in [1.807, 2.05) is 11.3 Å². The Kier molecular flexibility index (Phi) is 4.64. The van der Waals surface area contributed by atoms with E-state index in [2.05, 4.69) is 62.5 Å². The van der Waals surface area contributed by atoms with E-state index in [1.54, 1.807) is 0 Å². The number of anilines is 1. The van der Waals surface area contributed by atoms with Gasteiger partial charge in [0, 0.05) is 62.4 Å². The summed E-state index contributed by atoms with van der Waals surface area (Å²) >= 11 is 1.88. The van der Waals surface area contributed by atoms with Crippen LogP contribution >= 0.6 is 11.3 Å². The number of benzene rings is 1. The largest absolute Gasteiger partial charge is 0.370 e. The van der Waals surface area contributed by atoms with E-state index >= 15 is 0 Å². The lowest BCUT2D eigenvalue weighted by molar-refractivity contribution is 0.0993. The van der Waals surface area contributed by atoms with E-state index in [1.165, 1.54) is 56.3 Å². The van der Waals surface area contributed by atoms with Crippen LogP contribution < -0.4 is 4.90 Å². The maximum atomic E-state index is 2.72. The van der Waals surface area contributed by atoms with Gasteiger partial charge in [-0.25, -0.2) is 0 Å². The number of hydrogen-bond donors (Lipinski definition) is 0. The molecule has 2 aliphatic heterocycles. The Morgan fingerprint density at radius 3 is 2.48 bits per heavy atom. The van der Waals surface area contributed by atoms with Crippen LogP contribution in [0.4, 0.5) is 5.69 Å². The molecular weight excluding hydrogens is 302 g/mol. The molecule has 1 aromatic carbocycles. The molecule has 0 N–H and O–H groups in total. The van der Waals surface area contributed by atoms with Crippen molar-refractivity contribution < 1.29 is 0 Å². The van der Waals surface area contributed by atoms with Crippen molar-refractivity contribution in [3.05, 3.63) is 52.7 Å². The van der Waals surface area contributed by atoms with Crippen LogP contribution in [0.3, 0.4) is 0 Å². The fourth-order valence-electron chi connectivity index (χ4n) is 3.82. The van der Waals surface area contributed by atoms with Gasteiger partial charge in [-0.1, -0.05) is 24.3 Å². The second kappa shape index (κ2) is 7.04. The third-order valence-corrected chi connectivity index (χ3v) is 6.03. The number of piperazine rings is 1. The molecule has 0 radical (unpaired) electrons. The van der Waals surface area contributed by atoms with Crippen LogP contribution in [0, 0.1) is 0 Å². The zero-order chi connectivity index (χ0) is 15.5. The second-order valence-corrected chi connectivity index (χ2v) is 7.65. The van der Waals surface area contributed by atoms with E-state index in [9.17, 15) is 0 Å². The first-order valence-electron chi connectivity index (χ1n) is 8.67. The second-order valence-electron chi connectivity index (χ2n) is 6.62. The van der Waals surface area contributed by atoms with Crippen molar-refractivity contribution in [3.8, 4) is 0 Å². The number of para-hydroxylation sites is 1. The lowest BCUT2D eigenvalue weighted by Gasteiger charge is -2.37. The first kappa shape index (κ1) is 15.2. The van der Waals surface area contributed by atoms with Crippen LogP contribution in [0.2, 0.25) is 0 Å². The summed E-state index contributed by atoms with van der Waals surface area (Å²) < 4.78 is 0. The molecule has 2 fully saturated rings. The van der Waals surface area contributed by atoms with Gasteiger partial charge in [0.05, 0.1) is 0 Å². The zero-order valence-electron chi connectivity index (χ0n) is 13.6. The molecule has 0 spiro atoms. The molecule has 2 saturated heterocycles. The molecule has 1 unspecified atom stereocenters. The van der Waals surface area contributed by atoms with Crippen LogP contribution in [-0.4, -0.2) is 55.1 Å². The lowest BCUT2D eigenvalue weighted by Crippen LogP contribution is -2.50. The van der Waals surface area contributed by atoms with Gasteiger partial charge < -0.3 is 4.90 Å². The summed E-state index contributed by atoms with van der Waals surface area (Å²) in [7, 11) is 0. The molecular formula is C19H25N3S. The molecule has 4 rings (SSSR count). The quantitative estimate of drug-likeness (QED) is 0.854. The average Bonchev–Trinajstić information content (AvgIpc) is 3.28. The maximum absolute atomic E-state index is 2.72. The van der Waals surface area contributed by atoms with Gasteiger partial charge in [0.1, 0.15) is 0 Å². The van der Waals surface area contributed by atoms with Gasteiger partial charge >= 0.3 is 0 Å². The highest BCUT2D eigenvalue weighted by Crippen LogP contribution is 2.24. The molecule has 3 nitrogen and oxygen atoms in total. The Bertz CT molecular complexity index is 590.